The average Bonchev–Trinajstić information content (AvgIpc) is 2.18. The highest BCUT2D eigenvalue weighted by Gasteiger charge is 2.30. The maximum atomic E-state index is 12.2. The lowest BCUT2D eigenvalue weighted by atomic mass is 10.1. The van der Waals surface area contributed by atoms with Crippen LogP contribution in [0, 0.1) is 6.92 Å². The van der Waals surface area contributed by atoms with Crippen LogP contribution in [0.1, 0.15) is 23.4 Å². The van der Waals surface area contributed by atoms with Gasteiger partial charge >= 0.3 is 5.51 Å². The van der Waals surface area contributed by atoms with Gasteiger partial charge in [-0.1, -0.05) is 12.1 Å². The van der Waals surface area contributed by atoms with Crippen molar-refractivity contribution in [2.24, 2.45) is 0 Å². The molecule has 0 saturated heterocycles. The molecule has 1 aromatic rings. The molecule has 6 heteroatoms. The monoisotopic (exact) mass is 282 g/mol. The van der Waals surface area contributed by atoms with Gasteiger partial charge in [-0.3, -0.25) is 4.79 Å². The van der Waals surface area contributed by atoms with E-state index in [0.717, 1.165) is 0 Å². The minimum Gasteiger partial charge on any atom is -0.298 e. The van der Waals surface area contributed by atoms with Gasteiger partial charge in [-0.15, -0.1) is 11.6 Å². The second-order valence-electron chi connectivity index (χ2n) is 3.55. The molecule has 0 aliphatic carbocycles. The summed E-state index contributed by atoms with van der Waals surface area (Å²) in [6, 6.07) is 4.29. The number of rotatable bonds is 3. The van der Waals surface area contributed by atoms with Crippen LogP contribution in [0.4, 0.5) is 13.2 Å². The standard InChI is InChI=1S/C11H10ClF3OS/c1-6-5-8(10(12)7(2)16)3-4-9(6)17-11(13,14)15/h3-5,10H,1-2H3. The van der Waals surface area contributed by atoms with Crippen molar-refractivity contribution in [3.8, 4) is 0 Å². The number of carbonyl (C=O) groups excluding carboxylic acids is 1. The first-order valence-electron chi connectivity index (χ1n) is 4.71. The summed E-state index contributed by atoms with van der Waals surface area (Å²) in [5.74, 6) is -0.234. The Hall–Kier alpha value is -0.680. The summed E-state index contributed by atoms with van der Waals surface area (Å²) in [7, 11) is 0. The first kappa shape index (κ1) is 14.4. The van der Waals surface area contributed by atoms with Gasteiger partial charge in [-0.25, -0.2) is 0 Å². The molecule has 1 aromatic carbocycles. The minimum absolute atomic E-state index is 0.119. The van der Waals surface area contributed by atoms with Crippen molar-refractivity contribution in [1.29, 1.82) is 0 Å². The molecule has 0 N–H and O–H groups in total. The van der Waals surface area contributed by atoms with Crippen LogP contribution in [-0.2, 0) is 4.79 Å². The quantitative estimate of drug-likeness (QED) is 0.601. The van der Waals surface area contributed by atoms with Crippen LogP contribution in [0.25, 0.3) is 0 Å². The van der Waals surface area contributed by atoms with Crippen molar-refractivity contribution in [3.63, 3.8) is 0 Å². The highest BCUT2D eigenvalue weighted by Crippen LogP contribution is 2.39. The molecule has 0 heterocycles. The summed E-state index contributed by atoms with van der Waals surface area (Å²) >= 11 is 5.65. The Morgan fingerprint density at radius 3 is 2.41 bits per heavy atom. The molecule has 0 saturated carbocycles. The van der Waals surface area contributed by atoms with E-state index in [9.17, 15) is 18.0 Å². The van der Waals surface area contributed by atoms with E-state index in [-0.39, 0.29) is 22.4 Å². The van der Waals surface area contributed by atoms with Crippen molar-refractivity contribution in [1.82, 2.24) is 0 Å². The van der Waals surface area contributed by atoms with Crippen LogP contribution in [-0.4, -0.2) is 11.3 Å². The summed E-state index contributed by atoms with van der Waals surface area (Å²) in [4.78, 5) is 11.2. The number of ketones is 1. The molecule has 0 bridgehead atoms. The van der Waals surface area contributed by atoms with Crippen molar-refractivity contribution in [2.75, 3.05) is 0 Å². The maximum absolute atomic E-state index is 12.2. The van der Waals surface area contributed by atoms with E-state index in [1.807, 2.05) is 0 Å². The third-order valence-electron chi connectivity index (χ3n) is 2.07. The molecular formula is C11H10ClF3OS. The Balaban J connectivity index is 2.98. The van der Waals surface area contributed by atoms with E-state index >= 15 is 0 Å². The molecule has 1 unspecified atom stereocenters. The number of halogens is 4. The number of hydrogen-bond donors (Lipinski definition) is 0. The van der Waals surface area contributed by atoms with Crippen molar-refractivity contribution < 1.29 is 18.0 Å². The molecule has 1 nitrogen and oxygen atoms in total. The van der Waals surface area contributed by atoms with Gasteiger partial charge in [-0.05, 0) is 42.8 Å². The van der Waals surface area contributed by atoms with Gasteiger partial charge in [0.15, 0.2) is 5.78 Å². The molecule has 0 aliphatic heterocycles. The fourth-order valence-electron chi connectivity index (χ4n) is 1.30. The fraction of sp³-hybridized carbons (Fsp3) is 0.364. The SMILES string of the molecule is CC(=O)C(Cl)c1ccc(SC(F)(F)F)c(C)c1. The van der Waals surface area contributed by atoms with Crippen LogP contribution in [0.5, 0.6) is 0 Å². The Morgan fingerprint density at radius 1 is 1.41 bits per heavy atom. The normalized spacial score (nSPS) is 13.5. The fourth-order valence-corrected chi connectivity index (χ4v) is 2.05. The zero-order valence-corrected chi connectivity index (χ0v) is 10.7. The van der Waals surface area contributed by atoms with Gasteiger partial charge in [0.25, 0.3) is 0 Å². The Bertz CT molecular complexity index is 431. The number of alkyl halides is 4. The predicted molar refractivity (Wildman–Crippen MR) is 62.4 cm³/mol. The third-order valence-corrected chi connectivity index (χ3v) is 3.54. The van der Waals surface area contributed by atoms with E-state index in [1.165, 1.54) is 25.1 Å². The van der Waals surface area contributed by atoms with Gasteiger partial charge in [0.05, 0.1) is 0 Å². The topological polar surface area (TPSA) is 17.1 Å². The van der Waals surface area contributed by atoms with Crippen LogP contribution < -0.4 is 0 Å². The Morgan fingerprint density at radius 2 is 2.00 bits per heavy atom. The third kappa shape index (κ3) is 4.24. The molecule has 0 amide bonds. The van der Waals surface area contributed by atoms with Gasteiger partial charge in [0.2, 0.25) is 0 Å². The zero-order chi connectivity index (χ0) is 13.2. The lowest BCUT2D eigenvalue weighted by Gasteiger charge is -2.11. The minimum atomic E-state index is -4.31. The van der Waals surface area contributed by atoms with Crippen LogP contribution in [0.2, 0.25) is 0 Å². The number of thioether (sulfide) groups is 1. The van der Waals surface area contributed by atoms with Crippen LogP contribution in [0.15, 0.2) is 23.1 Å². The summed E-state index contributed by atoms with van der Waals surface area (Å²) in [5, 5.41) is -0.807. The molecule has 1 rings (SSSR count). The molecule has 1 atom stereocenters. The maximum Gasteiger partial charge on any atom is 0.446 e. The van der Waals surface area contributed by atoms with E-state index in [0.29, 0.717) is 11.1 Å². The summed E-state index contributed by atoms with van der Waals surface area (Å²) in [6.07, 6.45) is 0. The zero-order valence-electron chi connectivity index (χ0n) is 9.14. The molecule has 0 aliphatic rings. The first-order valence-corrected chi connectivity index (χ1v) is 5.97. The van der Waals surface area contributed by atoms with Gasteiger partial charge in [0, 0.05) is 4.90 Å². The molecular weight excluding hydrogens is 273 g/mol. The number of Topliss-reactive ketones (excluding diaryl/α,β-unsaturated/α-hetero) is 1. The van der Waals surface area contributed by atoms with E-state index in [2.05, 4.69) is 0 Å². The second kappa shape index (κ2) is 5.31. The average molecular weight is 283 g/mol. The highest BCUT2D eigenvalue weighted by atomic mass is 35.5. The predicted octanol–water partition coefficient (Wildman–Crippen LogP) is 4.48. The smallest absolute Gasteiger partial charge is 0.298 e. The van der Waals surface area contributed by atoms with Crippen molar-refractivity contribution in [2.45, 2.75) is 29.6 Å². The number of carbonyl (C=O) groups is 1. The van der Waals surface area contributed by atoms with E-state index in [1.54, 1.807) is 6.92 Å². The van der Waals surface area contributed by atoms with E-state index in [4.69, 9.17) is 11.6 Å². The molecule has 0 aromatic heterocycles. The largest absolute Gasteiger partial charge is 0.446 e. The van der Waals surface area contributed by atoms with Gasteiger partial charge < -0.3 is 0 Å². The van der Waals surface area contributed by atoms with Crippen molar-refractivity contribution >= 4 is 29.1 Å². The summed E-state index contributed by atoms with van der Waals surface area (Å²) in [6.45, 7) is 2.90. The Labute approximate surface area is 106 Å². The molecule has 17 heavy (non-hydrogen) atoms. The molecule has 0 fully saturated rings. The number of aryl methyl sites for hydroxylation is 1. The summed E-state index contributed by atoms with van der Waals surface area (Å²) in [5.41, 5.74) is -3.34. The molecule has 0 radical (unpaired) electrons. The second-order valence-corrected chi connectivity index (χ2v) is 5.09. The lowest BCUT2D eigenvalue weighted by Crippen LogP contribution is -2.03. The lowest BCUT2D eigenvalue weighted by molar-refractivity contribution is -0.116. The van der Waals surface area contributed by atoms with Crippen LogP contribution >= 0.6 is 23.4 Å². The first-order chi connectivity index (χ1) is 7.70. The van der Waals surface area contributed by atoms with Crippen LogP contribution in [0.3, 0.4) is 0 Å². The highest BCUT2D eigenvalue weighted by molar-refractivity contribution is 8.00. The van der Waals surface area contributed by atoms with Gasteiger partial charge in [-0.2, -0.15) is 13.2 Å². The van der Waals surface area contributed by atoms with Crippen molar-refractivity contribution in [3.05, 3.63) is 29.3 Å². The number of benzene rings is 1. The summed E-state index contributed by atoms with van der Waals surface area (Å²) < 4.78 is 36.6. The Kier molecular flexibility index (Phi) is 4.49. The van der Waals surface area contributed by atoms with E-state index < -0.39 is 10.9 Å². The number of hydrogen-bond acceptors (Lipinski definition) is 2. The molecule has 0 spiro atoms. The van der Waals surface area contributed by atoms with Gasteiger partial charge in [0.1, 0.15) is 5.38 Å². The molecule has 94 valence electrons.